The van der Waals surface area contributed by atoms with Crippen LogP contribution in [0.2, 0.25) is 0 Å². The number of Topliss-reactive ketones (excluding diaryl/α,β-unsaturated/α-hetero) is 1. The van der Waals surface area contributed by atoms with Crippen LogP contribution in [0.5, 0.6) is 0 Å². The highest BCUT2D eigenvalue weighted by molar-refractivity contribution is 9.10. The number of hydrogen-bond donors (Lipinski definition) is 1. The molecule has 0 radical (unpaired) electrons. The van der Waals surface area contributed by atoms with Gasteiger partial charge in [0.1, 0.15) is 10.4 Å². The van der Waals surface area contributed by atoms with Gasteiger partial charge in [0.15, 0.2) is 5.16 Å². The van der Waals surface area contributed by atoms with E-state index >= 15 is 0 Å². The second kappa shape index (κ2) is 8.59. The second-order valence-corrected chi connectivity index (χ2v) is 8.01. The summed E-state index contributed by atoms with van der Waals surface area (Å²) in [5, 5.41) is 20.7. The largest absolute Gasteiger partial charge is 0.481 e. The molecule has 0 aliphatic rings. The van der Waals surface area contributed by atoms with Gasteiger partial charge in [0.05, 0.1) is 35.2 Å². The average molecular weight is 458 g/mol. The zero-order valence-corrected chi connectivity index (χ0v) is 17.3. The van der Waals surface area contributed by atoms with E-state index in [2.05, 4.69) is 27.0 Å². The Morgan fingerprint density at radius 3 is 2.68 bits per heavy atom. The van der Waals surface area contributed by atoms with E-state index in [-0.39, 0.29) is 18.0 Å². The van der Waals surface area contributed by atoms with Gasteiger partial charge in [0.25, 0.3) is 0 Å². The predicted molar refractivity (Wildman–Crippen MR) is 111 cm³/mol. The molecule has 0 bridgehead atoms. The van der Waals surface area contributed by atoms with Gasteiger partial charge in [-0.2, -0.15) is 5.26 Å². The van der Waals surface area contributed by atoms with Crippen molar-refractivity contribution in [2.45, 2.75) is 18.5 Å². The Balaban J connectivity index is 1.93. The molecule has 1 atom stereocenters. The molecule has 8 heteroatoms. The normalized spacial score (nSPS) is 11.9. The quantitative estimate of drug-likeness (QED) is 0.527. The lowest BCUT2D eigenvalue weighted by Gasteiger charge is -2.13. The molecule has 2 aromatic carbocycles. The number of carbonyl (C=O) groups excluding carboxylic acids is 1. The standard InChI is InChI=1S/C20H16BrN3O3S/c1-12(19(26)27)8-14(25)11-28-20-23-10-18(21)24(20)17-7-6-13(9-22)15-4-2-3-5-16(15)17/h2-7,10,12H,8,11H2,1H3,(H,26,27)/t12-/m1/s1. The van der Waals surface area contributed by atoms with Gasteiger partial charge in [-0.3, -0.25) is 14.2 Å². The molecule has 0 fully saturated rings. The van der Waals surface area contributed by atoms with E-state index in [0.29, 0.717) is 10.7 Å². The highest BCUT2D eigenvalue weighted by Gasteiger charge is 2.19. The van der Waals surface area contributed by atoms with Crippen LogP contribution < -0.4 is 0 Å². The number of carboxylic acid groups (broad SMARTS) is 1. The van der Waals surface area contributed by atoms with E-state index in [0.717, 1.165) is 21.1 Å². The summed E-state index contributed by atoms with van der Waals surface area (Å²) >= 11 is 4.76. The maximum Gasteiger partial charge on any atom is 0.306 e. The van der Waals surface area contributed by atoms with Crippen molar-refractivity contribution in [2.75, 3.05) is 5.75 Å². The number of thioether (sulfide) groups is 1. The van der Waals surface area contributed by atoms with Crippen LogP contribution in [0.3, 0.4) is 0 Å². The van der Waals surface area contributed by atoms with Gasteiger partial charge in [0.2, 0.25) is 0 Å². The molecule has 0 amide bonds. The predicted octanol–water partition coefficient (Wildman–Crippen LogP) is 4.43. The highest BCUT2D eigenvalue weighted by Crippen LogP contribution is 2.32. The lowest BCUT2D eigenvalue weighted by Crippen LogP contribution is -2.16. The van der Waals surface area contributed by atoms with Gasteiger partial charge in [-0.25, -0.2) is 4.98 Å². The van der Waals surface area contributed by atoms with Crippen molar-refractivity contribution in [3.05, 3.63) is 52.8 Å². The minimum absolute atomic E-state index is 0.00991. The molecule has 0 aliphatic heterocycles. The van der Waals surface area contributed by atoms with Crippen molar-refractivity contribution < 1.29 is 14.7 Å². The number of nitriles is 1. The summed E-state index contributed by atoms with van der Waals surface area (Å²) in [6.07, 6.45) is 1.64. The monoisotopic (exact) mass is 457 g/mol. The summed E-state index contributed by atoms with van der Waals surface area (Å²) < 4.78 is 2.60. The number of fused-ring (bicyclic) bond motifs is 1. The lowest BCUT2D eigenvalue weighted by atomic mass is 10.0. The van der Waals surface area contributed by atoms with Gasteiger partial charge in [-0.05, 0) is 28.1 Å². The number of benzene rings is 2. The SMILES string of the molecule is C[C@H](CC(=O)CSc1ncc(Br)n1-c1ccc(C#N)c2ccccc12)C(=O)O. The van der Waals surface area contributed by atoms with Crippen LogP contribution in [0, 0.1) is 17.2 Å². The Labute approximate surface area is 174 Å². The number of carboxylic acids is 1. The Morgan fingerprint density at radius 1 is 1.29 bits per heavy atom. The van der Waals surface area contributed by atoms with Crippen LogP contribution in [-0.4, -0.2) is 32.2 Å². The molecule has 1 aromatic heterocycles. The molecule has 1 N–H and O–H groups in total. The first kappa shape index (κ1) is 20.1. The third-order valence-electron chi connectivity index (χ3n) is 4.27. The van der Waals surface area contributed by atoms with Crippen LogP contribution in [0.15, 0.2) is 52.4 Å². The molecule has 1 heterocycles. The van der Waals surface area contributed by atoms with Crippen LogP contribution in [-0.2, 0) is 9.59 Å². The van der Waals surface area contributed by atoms with Crippen LogP contribution in [0.4, 0.5) is 0 Å². The van der Waals surface area contributed by atoms with E-state index < -0.39 is 11.9 Å². The number of carbonyl (C=O) groups is 2. The number of halogens is 1. The molecule has 142 valence electrons. The number of aromatic nitrogens is 2. The second-order valence-electron chi connectivity index (χ2n) is 6.26. The summed E-state index contributed by atoms with van der Waals surface area (Å²) in [6, 6.07) is 13.4. The van der Waals surface area contributed by atoms with Crippen molar-refractivity contribution in [3.8, 4) is 11.8 Å². The van der Waals surface area contributed by atoms with Gasteiger partial charge < -0.3 is 5.11 Å². The van der Waals surface area contributed by atoms with Crippen LogP contribution in [0.1, 0.15) is 18.9 Å². The fraction of sp³-hybridized carbons (Fsp3) is 0.200. The molecule has 0 saturated heterocycles. The van der Waals surface area contributed by atoms with Gasteiger partial charge >= 0.3 is 5.97 Å². The fourth-order valence-corrected chi connectivity index (χ4v) is 4.28. The smallest absolute Gasteiger partial charge is 0.306 e. The molecule has 6 nitrogen and oxygen atoms in total. The molecule has 0 unspecified atom stereocenters. The lowest BCUT2D eigenvalue weighted by molar-refractivity contribution is -0.142. The topological polar surface area (TPSA) is 96.0 Å². The van der Waals surface area contributed by atoms with Crippen molar-refractivity contribution in [1.82, 2.24) is 9.55 Å². The van der Waals surface area contributed by atoms with Crippen molar-refractivity contribution >= 4 is 50.2 Å². The Hall–Kier alpha value is -2.63. The molecule has 28 heavy (non-hydrogen) atoms. The summed E-state index contributed by atoms with van der Waals surface area (Å²) in [6.45, 7) is 1.52. The maximum absolute atomic E-state index is 12.1. The number of rotatable bonds is 7. The molecule has 0 aliphatic carbocycles. The maximum atomic E-state index is 12.1. The van der Waals surface area contributed by atoms with Gasteiger partial charge in [-0.1, -0.05) is 43.0 Å². The third kappa shape index (κ3) is 4.11. The van der Waals surface area contributed by atoms with Crippen molar-refractivity contribution in [3.63, 3.8) is 0 Å². The minimum Gasteiger partial charge on any atom is -0.481 e. The van der Waals surface area contributed by atoms with E-state index in [1.54, 1.807) is 12.3 Å². The fourth-order valence-electron chi connectivity index (χ4n) is 2.84. The first-order chi connectivity index (χ1) is 13.4. The zero-order chi connectivity index (χ0) is 20.3. The summed E-state index contributed by atoms with van der Waals surface area (Å²) in [4.78, 5) is 27.4. The van der Waals surface area contributed by atoms with Crippen LogP contribution >= 0.6 is 27.7 Å². The average Bonchev–Trinajstić information content (AvgIpc) is 3.05. The summed E-state index contributed by atoms with van der Waals surface area (Å²) in [5.41, 5.74) is 1.43. The van der Waals surface area contributed by atoms with Crippen molar-refractivity contribution in [1.29, 1.82) is 5.26 Å². The summed E-state index contributed by atoms with van der Waals surface area (Å²) in [7, 11) is 0. The van der Waals surface area contributed by atoms with E-state index in [9.17, 15) is 14.9 Å². The first-order valence-electron chi connectivity index (χ1n) is 8.45. The minimum atomic E-state index is -0.980. The molecule has 3 aromatic rings. The molecule has 3 rings (SSSR count). The van der Waals surface area contributed by atoms with E-state index in [1.165, 1.54) is 18.7 Å². The molecule has 0 saturated carbocycles. The Morgan fingerprint density at radius 2 is 2.00 bits per heavy atom. The first-order valence-corrected chi connectivity index (χ1v) is 10.2. The molecular weight excluding hydrogens is 442 g/mol. The van der Waals surface area contributed by atoms with Gasteiger partial charge in [-0.15, -0.1) is 0 Å². The van der Waals surface area contributed by atoms with E-state index in [1.807, 2.05) is 34.9 Å². The molecular formula is C20H16BrN3O3S. The number of hydrogen-bond acceptors (Lipinski definition) is 5. The zero-order valence-electron chi connectivity index (χ0n) is 14.9. The summed E-state index contributed by atoms with van der Waals surface area (Å²) in [5.74, 6) is -1.70. The van der Waals surface area contributed by atoms with Gasteiger partial charge in [0, 0.05) is 17.2 Å². The number of aliphatic carboxylic acids is 1. The van der Waals surface area contributed by atoms with Crippen LogP contribution in [0.25, 0.3) is 16.5 Å². The number of imidazole rings is 1. The third-order valence-corrected chi connectivity index (χ3v) is 5.84. The number of nitrogens with zero attached hydrogens (tertiary/aromatic N) is 3. The highest BCUT2D eigenvalue weighted by atomic mass is 79.9. The Bertz CT molecular complexity index is 1100. The number of ketones is 1. The van der Waals surface area contributed by atoms with Crippen molar-refractivity contribution in [2.24, 2.45) is 5.92 Å². The Kier molecular flexibility index (Phi) is 6.17. The molecule has 0 spiro atoms. The van der Waals surface area contributed by atoms with E-state index in [4.69, 9.17) is 5.11 Å².